The van der Waals surface area contributed by atoms with Gasteiger partial charge in [0.1, 0.15) is 0 Å². The molecule has 0 aromatic heterocycles. The molecule has 0 fully saturated rings. The Labute approximate surface area is 126 Å². The fourth-order valence-electron chi connectivity index (χ4n) is 2.46. The first-order chi connectivity index (χ1) is 10.0. The molecule has 1 N–H and O–H groups in total. The Morgan fingerprint density at radius 1 is 1.29 bits per heavy atom. The molecule has 5 nitrogen and oxygen atoms in total. The lowest BCUT2D eigenvalue weighted by Crippen LogP contribution is -2.25. The Morgan fingerprint density at radius 2 is 1.95 bits per heavy atom. The lowest BCUT2D eigenvalue weighted by molar-refractivity contribution is -0.385. The van der Waals surface area contributed by atoms with Crippen LogP contribution in [-0.2, 0) is 0 Å². The molecule has 0 radical (unpaired) electrons. The zero-order chi connectivity index (χ0) is 15.8. The summed E-state index contributed by atoms with van der Waals surface area (Å²) in [6.07, 6.45) is 3.03. The van der Waals surface area contributed by atoms with Crippen molar-refractivity contribution >= 4 is 11.4 Å². The molecule has 0 aliphatic heterocycles. The number of nitrogens with one attached hydrogen (secondary N) is 1. The van der Waals surface area contributed by atoms with Crippen LogP contribution >= 0.6 is 0 Å². The van der Waals surface area contributed by atoms with Crippen molar-refractivity contribution in [3.63, 3.8) is 0 Å². The van der Waals surface area contributed by atoms with Gasteiger partial charge in [-0.1, -0.05) is 33.6 Å². The maximum absolute atomic E-state index is 11.0. The number of hydrogen-bond acceptors (Lipinski definition) is 4. The number of ether oxygens (including phenoxy) is 1. The molecule has 1 unspecified atom stereocenters. The van der Waals surface area contributed by atoms with Gasteiger partial charge in [-0.15, -0.1) is 0 Å². The third kappa shape index (κ3) is 4.92. The second kappa shape index (κ2) is 8.49. The molecular weight excluding hydrogens is 268 g/mol. The molecule has 1 atom stereocenters. The highest BCUT2D eigenvalue weighted by Gasteiger charge is 2.18. The van der Waals surface area contributed by atoms with Gasteiger partial charge < -0.3 is 10.1 Å². The minimum absolute atomic E-state index is 0.0178. The first-order valence-electron chi connectivity index (χ1n) is 7.71. The normalized spacial score (nSPS) is 12.2. The number of nitro benzene ring substituents is 1. The standard InChI is InChI=1S/C16H26N2O3/c1-5-10-21-16-11-14(8-9-15(16)18(19)20)17-12(4)13(6-2)7-3/h8-9,11-13,17H,5-7,10H2,1-4H3. The van der Waals surface area contributed by atoms with E-state index < -0.39 is 4.92 Å². The molecule has 0 saturated carbocycles. The van der Waals surface area contributed by atoms with Crippen LogP contribution in [-0.4, -0.2) is 17.6 Å². The van der Waals surface area contributed by atoms with Crippen LogP contribution < -0.4 is 10.1 Å². The van der Waals surface area contributed by atoms with E-state index in [2.05, 4.69) is 26.1 Å². The summed E-state index contributed by atoms with van der Waals surface area (Å²) in [7, 11) is 0. The van der Waals surface area contributed by atoms with Crippen LogP contribution in [0.4, 0.5) is 11.4 Å². The van der Waals surface area contributed by atoms with Crippen molar-refractivity contribution in [1.82, 2.24) is 0 Å². The van der Waals surface area contributed by atoms with Gasteiger partial charge in [0.2, 0.25) is 0 Å². The van der Waals surface area contributed by atoms with Gasteiger partial charge in [-0.2, -0.15) is 0 Å². The SMILES string of the molecule is CCCOc1cc(NC(C)C(CC)CC)ccc1[N+](=O)[O-]. The number of nitrogens with zero attached hydrogens (tertiary/aromatic N) is 1. The van der Waals surface area contributed by atoms with E-state index in [9.17, 15) is 10.1 Å². The molecule has 1 aromatic rings. The van der Waals surface area contributed by atoms with E-state index in [1.165, 1.54) is 6.07 Å². The topological polar surface area (TPSA) is 64.4 Å². The molecule has 0 spiro atoms. The average Bonchev–Trinajstić information content (AvgIpc) is 2.46. The van der Waals surface area contributed by atoms with Crippen LogP contribution in [0.3, 0.4) is 0 Å². The third-order valence-corrected chi connectivity index (χ3v) is 3.77. The molecule has 0 heterocycles. The van der Waals surface area contributed by atoms with Gasteiger partial charge in [0.15, 0.2) is 5.75 Å². The minimum atomic E-state index is -0.404. The van der Waals surface area contributed by atoms with E-state index in [0.29, 0.717) is 24.3 Å². The smallest absolute Gasteiger partial charge is 0.311 e. The van der Waals surface area contributed by atoms with Crippen LogP contribution in [0.2, 0.25) is 0 Å². The summed E-state index contributed by atoms with van der Waals surface area (Å²) >= 11 is 0. The lowest BCUT2D eigenvalue weighted by Gasteiger charge is -2.23. The average molecular weight is 294 g/mol. The van der Waals surface area contributed by atoms with Crippen molar-refractivity contribution in [3.05, 3.63) is 28.3 Å². The molecule has 1 rings (SSSR count). The van der Waals surface area contributed by atoms with Crippen molar-refractivity contribution in [2.75, 3.05) is 11.9 Å². The van der Waals surface area contributed by atoms with E-state index in [0.717, 1.165) is 24.9 Å². The zero-order valence-electron chi connectivity index (χ0n) is 13.4. The number of benzene rings is 1. The number of anilines is 1. The highest BCUT2D eigenvalue weighted by Crippen LogP contribution is 2.31. The van der Waals surface area contributed by atoms with Crippen LogP contribution in [0.1, 0.15) is 47.0 Å². The van der Waals surface area contributed by atoms with Gasteiger partial charge in [0.25, 0.3) is 0 Å². The maximum Gasteiger partial charge on any atom is 0.311 e. The summed E-state index contributed by atoms with van der Waals surface area (Å²) in [5.74, 6) is 0.920. The van der Waals surface area contributed by atoms with Crippen LogP contribution in [0.5, 0.6) is 5.75 Å². The van der Waals surface area contributed by atoms with E-state index in [1.54, 1.807) is 12.1 Å². The Morgan fingerprint density at radius 3 is 2.48 bits per heavy atom. The minimum Gasteiger partial charge on any atom is -0.487 e. The second-order valence-corrected chi connectivity index (χ2v) is 5.30. The van der Waals surface area contributed by atoms with Gasteiger partial charge in [-0.05, 0) is 25.3 Å². The maximum atomic E-state index is 11.0. The Balaban J connectivity index is 2.91. The van der Waals surface area contributed by atoms with Gasteiger partial charge in [-0.25, -0.2) is 0 Å². The lowest BCUT2D eigenvalue weighted by atomic mass is 9.95. The molecular formula is C16H26N2O3. The summed E-state index contributed by atoms with van der Waals surface area (Å²) in [5.41, 5.74) is 0.885. The summed E-state index contributed by atoms with van der Waals surface area (Å²) in [6, 6.07) is 5.30. The van der Waals surface area contributed by atoms with Crippen LogP contribution in [0.25, 0.3) is 0 Å². The molecule has 21 heavy (non-hydrogen) atoms. The molecule has 0 saturated heterocycles. The number of hydrogen-bond donors (Lipinski definition) is 1. The predicted molar refractivity (Wildman–Crippen MR) is 86.0 cm³/mol. The first kappa shape index (κ1) is 17.3. The Kier molecular flexibility index (Phi) is 6.99. The molecule has 0 amide bonds. The quantitative estimate of drug-likeness (QED) is 0.533. The predicted octanol–water partition coefficient (Wildman–Crippen LogP) is 4.62. The van der Waals surface area contributed by atoms with Crippen molar-refractivity contribution in [1.29, 1.82) is 0 Å². The molecule has 118 valence electrons. The van der Waals surface area contributed by atoms with Crippen LogP contribution in [0, 0.1) is 16.0 Å². The van der Waals surface area contributed by atoms with Gasteiger partial charge in [0.05, 0.1) is 11.5 Å². The van der Waals surface area contributed by atoms with Crippen molar-refractivity contribution in [3.8, 4) is 5.75 Å². The molecule has 1 aromatic carbocycles. The van der Waals surface area contributed by atoms with E-state index >= 15 is 0 Å². The fraction of sp³-hybridized carbons (Fsp3) is 0.625. The van der Waals surface area contributed by atoms with Crippen LogP contribution in [0.15, 0.2) is 18.2 Å². The van der Waals surface area contributed by atoms with Crippen molar-refractivity contribution in [2.45, 2.75) is 53.0 Å². The fourth-order valence-corrected chi connectivity index (χ4v) is 2.46. The van der Waals surface area contributed by atoms with E-state index in [-0.39, 0.29) is 5.69 Å². The summed E-state index contributed by atoms with van der Waals surface area (Å²) in [6.45, 7) is 8.96. The molecule has 5 heteroatoms. The summed E-state index contributed by atoms with van der Waals surface area (Å²) in [4.78, 5) is 10.6. The number of nitro groups is 1. The molecule has 0 bridgehead atoms. The zero-order valence-corrected chi connectivity index (χ0v) is 13.4. The Bertz CT molecular complexity index is 459. The summed E-state index contributed by atoms with van der Waals surface area (Å²) in [5, 5.41) is 14.4. The van der Waals surface area contributed by atoms with Crippen molar-refractivity contribution < 1.29 is 9.66 Å². The van der Waals surface area contributed by atoms with Gasteiger partial charge in [0, 0.05) is 23.9 Å². The number of rotatable bonds is 9. The van der Waals surface area contributed by atoms with Gasteiger partial charge in [-0.3, -0.25) is 10.1 Å². The highest BCUT2D eigenvalue weighted by atomic mass is 16.6. The Hall–Kier alpha value is -1.78. The molecule has 0 aliphatic carbocycles. The first-order valence-corrected chi connectivity index (χ1v) is 7.71. The third-order valence-electron chi connectivity index (χ3n) is 3.77. The second-order valence-electron chi connectivity index (χ2n) is 5.30. The monoisotopic (exact) mass is 294 g/mol. The van der Waals surface area contributed by atoms with Crippen molar-refractivity contribution in [2.24, 2.45) is 5.92 Å². The molecule has 0 aliphatic rings. The highest BCUT2D eigenvalue weighted by molar-refractivity contribution is 5.58. The van der Waals surface area contributed by atoms with E-state index in [1.807, 2.05) is 6.92 Å². The van der Waals surface area contributed by atoms with E-state index in [4.69, 9.17) is 4.74 Å². The largest absolute Gasteiger partial charge is 0.487 e. The summed E-state index contributed by atoms with van der Waals surface area (Å²) < 4.78 is 5.50. The van der Waals surface area contributed by atoms with Gasteiger partial charge >= 0.3 is 5.69 Å².